The first-order valence-corrected chi connectivity index (χ1v) is 6.43. The molecule has 0 aliphatic heterocycles. The number of aromatic nitrogens is 2. The molecule has 0 radical (unpaired) electrons. The van der Waals surface area contributed by atoms with E-state index >= 15 is 0 Å². The van der Waals surface area contributed by atoms with E-state index in [-0.39, 0.29) is 0 Å². The Morgan fingerprint density at radius 2 is 2.24 bits per heavy atom. The van der Waals surface area contributed by atoms with Crippen LogP contribution < -0.4 is 10.1 Å². The molecule has 1 saturated carbocycles. The van der Waals surface area contributed by atoms with Crippen molar-refractivity contribution < 1.29 is 4.74 Å². The van der Waals surface area contributed by atoms with Crippen LogP contribution in [0.3, 0.4) is 0 Å². The highest BCUT2D eigenvalue weighted by Gasteiger charge is 2.24. The van der Waals surface area contributed by atoms with E-state index in [2.05, 4.69) is 22.2 Å². The van der Waals surface area contributed by atoms with Crippen molar-refractivity contribution in [2.24, 2.45) is 5.92 Å². The van der Waals surface area contributed by atoms with Crippen molar-refractivity contribution >= 4 is 5.82 Å². The lowest BCUT2D eigenvalue weighted by Crippen LogP contribution is -2.31. The van der Waals surface area contributed by atoms with Gasteiger partial charge in [-0.1, -0.05) is 6.42 Å². The molecule has 1 fully saturated rings. The van der Waals surface area contributed by atoms with Crippen molar-refractivity contribution in [3.63, 3.8) is 0 Å². The van der Waals surface area contributed by atoms with Crippen LogP contribution in [-0.2, 0) is 0 Å². The Bertz CT molecular complexity index is 377. The minimum absolute atomic E-state index is 0.479. The van der Waals surface area contributed by atoms with Gasteiger partial charge in [0, 0.05) is 6.04 Å². The first-order chi connectivity index (χ1) is 8.22. The molecule has 1 unspecified atom stereocenters. The Hall–Kier alpha value is -1.32. The van der Waals surface area contributed by atoms with Gasteiger partial charge in [0.1, 0.15) is 12.1 Å². The zero-order valence-electron chi connectivity index (χ0n) is 10.9. The molecule has 0 saturated heterocycles. The number of hydrogen-bond acceptors (Lipinski definition) is 4. The molecular weight excluding hydrogens is 214 g/mol. The Kier molecular flexibility index (Phi) is 3.82. The lowest BCUT2D eigenvalue weighted by Gasteiger charge is -2.32. The number of ether oxygens (including phenoxy) is 1. The lowest BCUT2D eigenvalue weighted by atomic mass is 9.80. The number of anilines is 1. The van der Waals surface area contributed by atoms with Gasteiger partial charge in [0.05, 0.1) is 12.2 Å². The van der Waals surface area contributed by atoms with Gasteiger partial charge in [-0.3, -0.25) is 0 Å². The molecule has 1 heterocycles. The smallest absolute Gasteiger partial charge is 0.221 e. The molecule has 0 aromatic carbocycles. The van der Waals surface area contributed by atoms with Crippen molar-refractivity contribution in [1.29, 1.82) is 0 Å². The third-order valence-corrected chi connectivity index (χ3v) is 3.54. The molecular formula is C13H21N3O. The van der Waals surface area contributed by atoms with Crippen LogP contribution in [-0.4, -0.2) is 22.6 Å². The van der Waals surface area contributed by atoms with Gasteiger partial charge >= 0.3 is 0 Å². The fraction of sp³-hybridized carbons (Fsp3) is 0.692. The van der Waals surface area contributed by atoms with Crippen LogP contribution >= 0.6 is 0 Å². The van der Waals surface area contributed by atoms with Crippen molar-refractivity contribution in [3.8, 4) is 5.88 Å². The summed E-state index contributed by atoms with van der Waals surface area (Å²) in [5.74, 6) is 2.38. The van der Waals surface area contributed by atoms with Crippen molar-refractivity contribution in [2.45, 2.75) is 46.1 Å². The minimum Gasteiger partial charge on any atom is -0.478 e. The second-order valence-electron chi connectivity index (χ2n) is 4.71. The predicted molar refractivity (Wildman–Crippen MR) is 68.4 cm³/mol. The van der Waals surface area contributed by atoms with E-state index in [4.69, 9.17) is 4.74 Å². The topological polar surface area (TPSA) is 47.0 Å². The average Bonchev–Trinajstić information content (AvgIpc) is 2.21. The third kappa shape index (κ3) is 2.68. The first kappa shape index (κ1) is 12.1. The van der Waals surface area contributed by atoms with Crippen molar-refractivity contribution in [1.82, 2.24) is 9.97 Å². The predicted octanol–water partition coefficient (Wildman–Crippen LogP) is 2.78. The molecule has 94 valence electrons. The van der Waals surface area contributed by atoms with E-state index < -0.39 is 0 Å². The first-order valence-electron chi connectivity index (χ1n) is 6.43. The molecule has 1 N–H and O–H groups in total. The Morgan fingerprint density at radius 1 is 1.47 bits per heavy atom. The number of nitrogens with one attached hydrogen (secondary N) is 1. The molecule has 4 nitrogen and oxygen atoms in total. The van der Waals surface area contributed by atoms with Crippen LogP contribution in [0.25, 0.3) is 0 Å². The number of nitrogens with zero attached hydrogens (tertiary/aromatic N) is 2. The summed E-state index contributed by atoms with van der Waals surface area (Å²) in [6, 6.07) is 0.479. The second-order valence-corrected chi connectivity index (χ2v) is 4.71. The highest BCUT2D eigenvalue weighted by molar-refractivity contribution is 5.48. The fourth-order valence-corrected chi connectivity index (χ4v) is 2.14. The zero-order valence-corrected chi connectivity index (χ0v) is 10.9. The SMILES string of the molecule is CCOc1ncnc(NC(C)C2CCC2)c1C. The molecule has 4 heteroatoms. The largest absolute Gasteiger partial charge is 0.478 e. The molecule has 2 rings (SSSR count). The maximum absolute atomic E-state index is 5.47. The zero-order chi connectivity index (χ0) is 12.3. The van der Waals surface area contributed by atoms with Crippen molar-refractivity contribution in [2.75, 3.05) is 11.9 Å². The Balaban J connectivity index is 2.06. The Labute approximate surface area is 103 Å². The highest BCUT2D eigenvalue weighted by Crippen LogP contribution is 2.31. The van der Waals surface area contributed by atoms with Crippen LogP contribution in [0.2, 0.25) is 0 Å². The van der Waals surface area contributed by atoms with E-state index in [0.717, 1.165) is 17.3 Å². The molecule has 17 heavy (non-hydrogen) atoms. The fourth-order valence-electron chi connectivity index (χ4n) is 2.14. The highest BCUT2D eigenvalue weighted by atomic mass is 16.5. The molecule has 1 aromatic heterocycles. The normalized spacial score (nSPS) is 17.4. The minimum atomic E-state index is 0.479. The van der Waals surface area contributed by atoms with Crippen LogP contribution in [0.4, 0.5) is 5.82 Å². The molecule has 0 spiro atoms. The average molecular weight is 235 g/mol. The molecule has 1 atom stereocenters. The van der Waals surface area contributed by atoms with Crippen LogP contribution in [0, 0.1) is 12.8 Å². The summed E-state index contributed by atoms with van der Waals surface area (Å²) in [5.41, 5.74) is 1.00. The van der Waals surface area contributed by atoms with Gasteiger partial charge in [0.15, 0.2) is 0 Å². The van der Waals surface area contributed by atoms with E-state index in [1.807, 2.05) is 13.8 Å². The summed E-state index contributed by atoms with van der Waals surface area (Å²) in [4.78, 5) is 8.44. The summed E-state index contributed by atoms with van der Waals surface area (Å²) < 4.78 is 5.47. The molecule has 0 amide bonds. The second kappa shape index (κ2) is 5.34. The lowest BCUT2D eigenvalue weighted by molar-refractivity contribution is 0.284. The monoisotopic (exact) mass is 235 g/mol. The molecule has 1 aliphatic rings. The maximum atomic E-state index is 5.47. The maximum Gasteiger partial charge on any atom is 0.221 e. The van der Waals surface area contributed by atoms with Gasteiger partial charge in [0.25, 0.3) is 0 Å². The summed E-state index contributed by atoms with van der Waals surface area (Å²) in [7, 11) is 0. The van der Waals surface area contributed by atoms with Gasteiger partial charge in [-0.2, -0.15) is 0 Å². The molecule has 0 bridgehead atoms. The van der Waals surface area contributed by atoms with Crippen LogP contribution in [0.15, 0.2) is 6.33 Å². The van der Waals surface area contributed by atoms with E-state index in [1.54, 1.807) is 6.33 Å². The van der Waals surface area contributed by atoms with Crippen molar-refractivity contribution in [3.05, 3.63) is 11.9 Å². The number of rotatable bonds is 5. The Morgan fingerprint density at radius 3 is 2.82 bits per heavy atom. The van der Waals surface area contributed by atoms with Crippen LogP contribution in [0.5, 0.6) is 5.88 Å². The standard InChI is InChI=1S/C13H21N3O/c1-4-17-13-9(2)12(14-8-15-13)16-10(3)11-6-5-7-11/h8,10-11H,4-7H2,1-3H3,(H,14,15,16). The molecule has 1 aliphatic carbocycles. The van der Waals surface area contributed by atoms with E-state index in [9.17, 15) is 0 Å². The summed E-state index contributed by atoms with van der Waals surface area (Å²) in [6.07, 6.45) is 5.59. The van der Waals surface area contributed by atoms with Crippen LogP contribution in [0.1, 0.15) is 38.7 Å². The van der Waals surface area contributed by atoms with Gasteiger partial charge in [-0.15, -0.1) is 0 Å². The molecule has 1 aromatic rings. The third-order valence-electron chi connectivity index (χ3n) is 3.54. The summed E-state index contributed by atoms with van der Waals surface area (Å²) >= 11 is 0. The quantitative estimate of drug-likeness (QED) is 0.852. The summed E-state index contributed by atoms with van der Waals surface area (Å²) in [5, 5.41) is 3.48. The van der Waals surface area contributed by atoms with E-state index in [0.29, 0.717) is 18.5 Å². The van der Waals surface area contributed by atoms with Gasteiger partial charge < -0.3 is 10.1 Å². The van der Waals surface area contributed by atoms with Gasteiger partial charge in [-0.05, 0) is 39.5 Å². The summed E-state index contributed by atoms with van der Waals surface area (Å²) in [6.45, 7) is 6.83. The number of hydrogen-bond donors (Lipinski definition) is 1. The van der Waals surface area contributed by atoms with E-state index in [1.165, 1.54) is 19.3 Å². The van der Waals surface area contributed by atoms with Gasteiger partial charge in [0.2, 0.25) is 5.88 Å². The van der Waals surface area contributed by atoms with Gasteiger partial charge in [-0.25, -0.2) is 9.97 Å².